The minimum absolute atomic E-state index is 0.00517. The normalized spacial score (nSPS) is 11.0. The van der Waals surface area contributed by atoms with Gasteiger partial charge in [0.2, 0.25) is 5.75 Å². The number of ether oxygens (including phenoxy) is 5. The summed E-state index contributed by atoms with van der Waals surface area (Å²) in [6, 6.07) is 12.7. The first-order chi connectivity index (χ1) is 18.3. The van der Waals surface area contributed by atoms with Gasteiger partial charge in [0.05, 0.1) is 40.5 Å². The fourth-order valence-electron chi connectivity index (χ4n) is 3.66. The molecule has 0 radical (unpaired) electrons. The first-order valence-electron chi connectivity index (χ1n) is 11.4. The second-order valence-electron chi connectivity index (χ2n) is 7.81. The number of methoxy groups -OCH3 is 5. The van der Waals surface area contributed by atoms with Gasteiger partial charge in [-0.05, 0) is 47.5 Å². The molecular weight excluding hydrogens is 492 g/mol. The maximum absolute atomic E-state index is 12.5. The minimum Gasteiger partial charge on any atom is -0.493 e. The highest BCUT2D eigenvalue weighted by atomic mass is 16.6. The van der Waals surface area contributed by atoms with Crippen molar-refractivity contribution in [3.63, 3.8) is 0 Å². The van der Waals surface area contributed by atoms with Crippen LogP contribution in [0.15, 0.2) is 53.5 Å². The Kier molecular flexibility index (Phi) is 9.42. The van der Waals surface area contributed by atoms with Gasteiger partial charge in [0.15, 0.2) is 28.8 Å². The van der Waals surface area contributed by atoms with Crippen molar-refractivity contribution >= 4 is 35.5 Å². The molecule has 0 bridgehead atoms. The Balaban J connectivity index is 1.87. The van der Waals surface area contributed by atoms with E-state index in [9.17, 15) is 14.9 Å². The van der Waals surface area contributed by atoms with Crippen LogP contribution >= 0.6 is 0 Å². The van der Waals surface area contributed by atoms with Crippen LogP contribution in [0.5, 0.6) is 28.7 Å². The van der Waals surface area contributed by atoms with Crippen molar-refractivity contribution in [2.24, 2.45) is 4.99 Å². The molecule has 0 spiro atoms. The number of nitro benzene ring substituents is 1. The zero-order chi connectivity index (χ0) is 27.7. The van der Waals surface area contributed by atoms with E-state index in [1.54, 1.807) is 33.5 Å². The van der Waals surface area contributed by atoms with Crippen molar-refractivity contribution in [3.05, 3.63) is 75.3 Å². The Bertz CT molecular complexity index is 1340. The van der Waals surface area contributed by atoms with E-state index in [1.807, 2.05) is 24.3 Å². The van der Waals surface area contributed by atoms with E-state index in [0.29, 0.717) is 40.0 Å². The van der Waals surface area contributed by atoms with Gasteiger partial charge in [-0.2, -0.15) is 0 Å². The Labute approximate surface area is 220 Å². The highest BCUT2D eigenvalue weighted by Crippen LogP contribution is 2.40. The Morgan fingerprint density at radius 1 is 0.789 bits per heavy atom. The molecule has 0 unspecified atom stereocenters. The average Bonchev–Trinajstić information content (AvgIpc) is 2.94. The predicted molar refractivity (Wildman–Crippen MR) is 145 cm³/mol. The largest absolute Gasteiger partial charge is 0.493 e. The smallest absolute Gasteiger partial charge is 0.269 e. The van der Waals surface area contributed by atoms with Gasteiger partial charge in [0.25, 0.3) is 5.69 Å². The first kappa shape index (κ1) is 27.7. The van der Waals surface area contributed by atoms with Gasteiger partial charge < -0.3 is 23.7 Å². The Morgan fingerprint density at radius 3 is 1.76 bits per heavy atom. The van der Waals surface area contributed by atoms with Crippen molar-refractivity contribution in [1.29, 1.82) is 0 Å². The van der Waals surface area contributed by atoms with Gasteiger partial charge in [-0.1, -0.05) is 12.2 Å². The van der Waals surface area contributed by atoms with Crippen LogP contribution < -0.4 is 23.7 Å². The fraction of sp³-hybridized carbons (Fsp3) is 0.214. The van der Waals surface area contributed by atoms with Crippen molar-refractivity contribution in [1.82, 2.24) is 0 Å². The molecule has 0 aliphatic heterocycles. The summed E-state index contributed by atoms with van der Waals surface area (Å²) < 4.78 is 27.2. The molecule has 38 heavy (non-hydrogen) atoms. The lowest BCUT2D eigenvalue weighted by Gasteiger charge is -2.13. The molecule has 0 N–H and O–H groups in total. The number of aliphatic imine (C=N–C) groups is 1. The van der Waals surface area contributed by atoms with Crippen LogP contribution in [0.1, 0.15) is 27.9 Å². The number of ketones is 1. The van der Waals surface area contributed by atoms with Crippen LogP contribution in [0.3, 0.4) is 0 Å². The van der Waals surface area contributed by atoms with Crippen LogP contribution in [-0.4, -0.2) is 52.5 Å². The summed E-state index contributed by atoms with van der Waals surface area (Å²) in [7, 11) is 7.67. The third-order valence-corrected chi connectivity index (χ3v) is 5.54. The Morgan fingerprint density at radius 2 is 1.29 bits per heavy atom. The molecule has 0 aliphatic rings. The topological polar surface area (TPSA) is 119 Å². The number of hydrogen-bond acceptors (Lipinski definition) is 9. The molecule has 3 aromatic rings. The summed E-state index contributed by atoms with van der Waals surface area (Å²) in [5.41, 5.74) is 2.32. The van der Waals surface area contributed by atoms with Gasteiger partial charge >= 0.3 is 0 Å². The molecule has 198 valence electrons. The monoisotopic (exact) mass is 520 g/mol. The lowest BCUT2D eigenvalue weighted by Crippen LogP contribution is -2.00. The number of hydrogen-bond donors (Lipinski definition) is 0. The van der Waals surface area contributed by atoms with E-state index in [4.69, 9.17) is 23.7 Å². The summed E-state index contributed by atoms with van der Waals surface area (Å²) in [5.74, 6) is 2.21. The van der Waals surface area contributed by atoms with Gasteiger partial charge in [-0.15, -0.1) is 0 Å². The summed E-state index contributed by atoms with van der Waals surface area (Å²) >= 11 is 0. The first-order valence-corrected chi connectivity index (χ1v) is 11.4. The number of rotatable bonds is 12. The number of benzene rings is 3. The standard InChI is InChI=1S/C28H28N2O8/c1-34-24-15-18(6-7-19-16-25(35-2)28(38-5)26(17-19)36-3)14-22(27(24)37-4)29-13-12-23(31)20-8-10-21(11-9-20)30(32)33/h6-11,13-17H,12H2,1-5H3/b7-6-,29-13?. The quantitative estimate of drug-likeness (QED) is 0.0969. The lowest BCUT2D eigenvalue weighted by molar-refractivity contribution is -0.384. The number of carbonyl (C=O) groups excluding carboxylic acids is 1. The van der Waals surface area contributed by atoms with Gasteiger partial charge in [-0.3, -0.25) is 19.9 Å². The molecule has 0 atom stereocenters. The van der Waals surface area contributed by atoms with Gasteiger partial charge in [0, 0.05) is 30.3 Å². The summed E-state index contributed by atoms with van der Waals surface area (Å²) in [4.78, 5) is 27.3. The minimum atomic E-state index is -0.515. The number of non-ortho nitro benzene ring substituents is 1. The van der Waals surface area contributed by atoms with E-state index in [0.717, 1.165) is 11.1 Å². The number of nitro groups is 1. The molecule has 3 rings (SSSR count). The lowest BCUT2D eigenvalue weighted by atomic mass is 10.1. The highest BCUT2D eigenvalue weighted by molar-refractivity contribution is 6.04. The van der Waals surface area contributed by atoms with Crippen molar-refractivity contribution in [3.8, 4) is 28.7 Å². The third kappa shape index (κ3) is 6.47. The van der Waals surface area contributed by atoms with Crippen molar-refractivity contribution < 1.29 is 33.4 Å². The highest BCUT2D eigenvalue weighted by Gasteiger charge is 2.14. The van der Waals surface area contributed by atoms with Crippen LogP contribution in [0.25, 0.3) is 12.2 Å². The molecule has 10 heteroatoms. The molecular formula is C28H28N2O8. The van der Waals surface area contributed by atoms with Gasteiger partial charge in [-0.25, -0.2) is 0 Å². The van der Waals surface area contributed by atoms with E-state index < -0.39 is 4.92 Å². The second-order valence-corrected chi connectivity index (χ2v) is 7.81. The zero-order valence-corrected chi connectivity index (χ0v) is 21.7. The maximum atomic E-state index is 12.5. The van der Waals surface area contributed by atoms with Gasteiger partial charge in [0.1, 0.15) is 5.69 Å². The molecule has 0 heterocycles. The molecule has 10 nitrogen and oxygen atoms in total. The second kappa shape index (κ2) is 12.9. The predicted octanol–water partition coefficient (Wildman–Crippen LogP) is 5.78. The molecule has 0 amide bonds. The van der Waals surface area contributed by atoms with E-state index in [1.165, 1.54) is 44.7 Å². The summed E-state index contributed by atoms with van der Waals surface area (Å²) in [6.07, 6.45) is 5.20. The van der Waals surface area contributed by atoms with E-state index >= 15 is 0 Å². The Hall–Kier alpha value is -4.86. The molecule has 0 aromatic heterocycles. The molecule has 0 saturated carbocycles. The van der Waals surface area contributed by atoms with Crippen LogP contribution in [0.4, 0.5) is 11.4 Å². The van der Waals surface area contributed by atoms with Crippen LogP contribution in [-0.2, 0) is 0 Å². The molecule has 0 fully saturated rings. The number of carbonyl (C=O) groups is 1. The number of nitrogens with zero attached hydrogens (tertiary/aromatic N) is 2. The third-order valence-electron chi connectivity index (χ3n) is 5.54. The van der Waals surface area contributed by atoms with Crippen molar-refractivity contribution in [2.75, 3.05) is 35.5 Å². The SMILES string of the molecule is COc1cc(/C=C\c2cc(OC)c(OC)c(OC)c2)cc(N=CCC(=O)c2ccc([N+](=O)[O-])cc2)c1OC. The maximum Gasteiger partial charge on any atom is 0.269 e. The van der Waals surface area contributed by atoms with E-state index in [2.05, 4.69) is 4.99 Å². The van der Waals surface area contributed by atoms with Crippen LogP contribution in [0.2, 0.25) is 0 Å². The average molecular weight is 521 g/mol. The zero-order valence-electron chi connectivity index (χ0n) is 21.7. The number of Topliss-reactive ketones (excluding diaryl/α,β-unsaturated/α-hetero) is 1. The van der Waals surface area contributed by atoms with Crippen molar-refractivity contribution in [2.45, 2.75) is 6.42 Å². The van der Waals surface area contributed by atoms with E-state index in [-0.39, 0.29) is 17.9 Å². The summed E-state index contributed by atoms with van der Waals surface area (Å²) in [5, 5.41) is 10.8. The fourth-order valence-corrected chi connectivity index (χ4v) is 3.66. The summed E-state index contributed by atoms with van der Waals surface area (Å²) in [6.45, 7) is 0. The molecule has 3 aromatic carbocycles. The van der Waals surface area contributed by atoms with Crippen LogP contribution in [0, 0.1) is 10.1 Å². The molecule has 0 aliphatic carbocycles. The molecule has 0 saturated heterocycles.